The molecule has 2 aromatic rings. The van der Waals surface area contributed by atoms with Crippen LogP contribution in [-0.2, 0) is 9.53 Å². The van der Waals surface area contributed by atoms with Crippen LogP contribution in [0.25, 0.3) is 6.08 Å². The van der Waals surface area contributed by atoms with Gasteiger partial charge in [-0.25, -0.2) is 9.79 Å². The average Bonchev–Trinajstić information content (AvgIpc) is 2.89. The van der Waals surface area contributed by atoms with E-state index >= 15 is 0 Å². The summed E-state index contributed by atoms with van der Waals surface area (Å²) in [6.07, 6.45) is 1.66. The number of nitrogens with zero attached hydrogens (tertiary/aromatic N) is 1. The third kappa shape index (κ3) is 3.64. The largest absolute Gasteiger partial charge is 0.496 e. The molecule has 0 spiro atoms. The lowest BCUT2D eigenvalue weighted by molar-refractivity contribution is -0.129. The summed E-state index contributed by atoms with van der Waals surface area (Å²) in [6.45, 7) is 0. The Balaban J connectivity index is 1.98. The highest BCUT2D eigenvalue weighted by atomic mass is 127. The van der Waals surface area contributed by atoms with Gasteiger partial charge in [0.2, 0.25) is 5.90 Å². The lowest BCUT2D eigenvalue weighted by Crippen LogP contribution is -2.05. The molecule has 0 atom stereocenters. The lowest BCUT2D eigenvalue weighted by Gasteiger charge is -2.04. The van der Waals surface area contributed by atoms with Crippen LogP contribution in [0.4, 0.5) is 0 Å². The van der Waals surface area contributed by atoms with E-state index < -0.39 is 5.97 Å². The summed E-state index contributed by atoms with van der Waals surface area (Å²) in [4.78, 5) is 16.4. The fourth-order valence-electron chi connectivity index (χ4n) is 2.09. The summed E-state index contributed by atoms with van der Waals surface area (Å²) in [5, 5.41) is 0. The van der Waals surface area contributed by atoms with E-state index in [0.717, 1.165) is 19.2 Å². The smallest absolute Gasteiger partial charge is 0.363 e. The number of halogens is 2. The Hall–Kier alpha value is -1.67. The van der Waals surface area contributed by atoms with Gasteiger partial charge in [-0.1, -0.05) is 15.9 Å². The molecular formula is C17H11BrINO3. The van der Waals surface area contributed by atoms with Crippen molar-refractivity contribution < 1.29 is 14.3 Å². The lowest BCUT2D eigenvalue weighted by atomic mass is 10.1. The standard InChI is InChI=1S/C17H11BrINO3/c1-22-15-7-4-12(18)8-11(15)9-14-17(21)23-16(20-14)10-2-5-13(19)6-3-10/h2-9H,1H3/b14-9-. The van der Waals surface area contributed by atoms with Crippen LogP contribution in [-0.4, -0.2) is 19.0 Å². The zero-order valence-corrected chi connectivity index (χ0v) is 15.8. The summed E-state index contributed by atoms with van der Waals surface area (Å²) < 4.78 is 12.6. The first kappa shape index (κ1) is 16.2. The summed E-state index contributed by atoms with van der Waals surface area (Å²) >= 11 is 5.62. The summed E-state index contributed by atoms with van der Waals surface area (Å²) in [5.74, 6) is 0.499. The second kappa shape index (κ2) is 6.84. The maximum absolute atomic E-state index is 12.1. The second-order valence-electron chi connectivity index (χ2n) is 4.73. The number of carbonyl (C=O) groups is 1. The number of rotatable bonds is 3. The van der Waals surface area contributed by atoms with E-state index in [4.69, 9.17) is 9.47 Å². The van der Waals surface area contributed by atoms with Gasteiger partial charge in [-0.15, -0.1) is 0 Å². The van der Waals surface area contributed by atoms with Gasteiger partial charge in [-0.05, 0) is 71.1 Å². The number of esters is 1. The van der Waals surface area contributed by atoms with Crippen LogP contribution < -0.4 is 4.74 Å². The molecule has 0 amide bonds. The minimum Gasteiger partial charge on any atom is -0.496 e. The number of carbonyl (C=O) groups excluding carboxylic acids is 1. The number of hydrogen-bond donors (Lipinski definition) is 0. The quantitative estimate of drug-likeness (QED) is 0.369. The fraction of sp³-hybridized carbons (Fsp3) is 0.0588. The van der Waals surface area contributed by atoms with Gasteiger partial charge in [-0.3, -0.25) is 0 Å². The van der Waals surface area contributed by atoms with Gasteiger partial charge >= 0.3 is 5.97 Å². The first-order chi connectivity index (χ1) is 11.1. The van der Waals surface area contributed by atoms with Crippen molar-refractivity contribution in [1.82, 2.24) is 0 Å². The Bertz CT molecular complexity index is 828. The van der Waals surface area contributed by atoms with Gasteiger partial charge in [0, 0.05) is 19.2 Å². The molecule has 2 aromatic carbocycles. The molecule has 0 N–H and O–H groups in total. The fourth-order valence-corrected chi connectivity index (χ4v) is 2.83. The molecule has 0 unspecified atom stereocenters. The predicted molar refractivity (Wildman–Crippen MR) is 100 cm³/mol. The number of ether oxygens (including phenoxy) is 2. The van der Waals surface area contributed by atoms with Crippen LogP contribution in [0.15, 0.2) is 57.6 Å². The number of aliphatic imine (C=N–C) groups is 1. The Morgan fingerprint density at radius 2 is 1.96 bits per heavy atom. The van der Waals surface area contributed by atoms with Crippen LogP contribution >= 0.6 is 38.5 Å². The zero-order chi connectivity index (χ0) is 16.4. The second-order valence-corrected chi connectivity index (χ2v) is 6.89. The molecule has 0 radical (unpaired) electrons. The SMILES string of the molecule is COc1ccc(Br)cc1/C=C1\N=C(c2ccc(I)cc2)OC1=O. The third-order valence-electron chi connectivity index (χ3n) is 3.20. The van der Waals surface area contributed by atoms with Gasteiger partial charge in [-0.2, -0.15) is 0 Å². The molecule has 1 aliphatic rings. The van der Waals surface area contributed by atoms with E-state index in [2.05, 4.69) is 43.5 Å². The molecule has 4 nitrogen and oxygen atoms in total. The highest BCUT2D eigenvalue weighted by Gasteiger charge is 2.24. The highest BCUT2D eigenvalue weighted by Crippen LogP contribution is 2.27. The number of methoxy groups -OCH3 is 1. The number of benzene rings is 2. The number of cyclic esters (lactones) is 1. The molecule has 0 saturated carbocycles. The average molecular weight is 484 g/mol. The van der Waals surface area contributed by atoms with Gasteiger partial charge in [0.1, 0.15) is 5.75 Å². The molecule has 3 rings (SSSR count). The van der Waals surface area contributed by atoms with E-state index in [1.807, 2.05) is 42.5 Å². The van der Waals surface area contributed by atoms with Crippen molar-refractivity contribution in [3.63, 3.8) is 0 Å². The monoisotopic (exact) mass is 483 g/mol. The third-order valence-corrected chi connectivity index (χ3v) is 4.41. The molecule has 23 heavy (non-hydrogen) atoms. The van der Waals surface area contributed by atoms with E-state index in [9.17, 15) is 4.79 Å². The van der Waals surface area contributed by atoms with Crippen LogP contribution in [0.2, 0.25) is 0 Å². The number of hydrogen-bond acceptors (Lipinski definition) is 4. The predicted octanol–water partition coefficient (Wildman–Crippen LogP) is 4.41. The summed E-state index contributed by atoms with van der Waals surface area (Å²) in [6, 6.07) is 13.2. The van der Waals surface area contributed by atoms with Gasteiger partial charge in [0.15, 0.2) is 5.70 Å². The summed E-state index contributed by atoms with van der Waals surface area (Å²) in [5.41, 5.74) is 1.76. The van der Waals surface area contributed by atoms with Crippen LogP contribution in [0.5, 0.6) is 5.75 Å². The van der Waals surface area contributed by atoms with Crippen molar-refractivity contribution in [3.8, 4) is 5.75 Å². The minimum atomic E-state index is -0.472. The van der Waals surface area contributed by atoms with E-state index in [1.165, 1.54) is 0 Å². The molecule has 6 heteroatoms. The topological polar surface area (TPSA) is 47.9 Å². The molecule has 0 aliphatic carbocycles. The van der Waals surface area contributed by atoms with Crippen molar-refractivity contribution in [2.45, 2.75) is 0 Å². The Kier molecular flexibility index (Phi) is 4.82. The van der Waals surface area contributed by atoms with Crippen molar-refractivity contribution in [2.24, 2.45) is 4.99 Å². The zero-order valence-electron chi connectivity index (χ0n) is 12.0. The van der Waals surface area contributed by atoms with Gasteiger partial charge < -0.3 is 9.47 Å². The van der Waals surface area contributed by atoms with Gasteiger partial charge in [0.05, 0.1) is 7.11 Å². The molecule has 0 saturated heterocycles. The first-order valence-electron chi connectivity index (χ1n) is 6.69. The molecule has 1 heterocycles. The molecule has 0 bridgehead atoms. The summed E-state index contributed by atoms with van der Waals surface area (Å²) in [7, 11) is 1.58. The maximum Gasteiger partial charge on any atom is 0.363 e. The van der Waals surface area contributed by atoms with Gasteiger partial charge in [0.25, 0.3) is 0 Å². The minimum absolute atomic E-state index is 0.245. The molecule has 1 aliphatic heterocycles. The Morgan fingerprint density at radius 3 is 2.65 bits per heavy atom. The van der Waals surface area contributed by atoms with Crippen LogP contribution in [0.1, 0.15) is 11.1 Å². The normalized spacial score (nSPS) is 15.5. The van der Waals surface area contributed by atoms with Crippen molar-refractivity contribution in [2.75, 3.05) is 7.11 Å². The van der Waals surface area contributed by atoms with Crippen LogP contribution in [0.3, 0.4) is 0 Å². The van der Waals surface area contributed by atoms with Crippen molar-refractivity contribution in [1.29, 1.82) is 0 Å². The molecule has 116 valence electrons. The van der Waals surface area contributed by atoms with Crippen molar-refractivity contribution in [3.05, 3.63) is 67.3 Å². The highest BCUT2D eigenvalue weighted by molar-refractivity contribution is 14.1. The maximum atomic E-state index is 12.1. The Morgan fingerprint density at radius 1 is 1.22 bits per heavy atom. The first-order valence-corrected chi connectivity index (χ1v) is 8.56. The Labute approximate surface area is 155 Å². The molecule has 0 aromatic heterocycles. The molecule has 0 fully saturated rings. The molecular weight excluding hydrogens is 473 g/mol. The van der Waals surface area contributed by atoms with E-state index in [0.29, 0.717) is 11.6 Å². The van der Waals surface area contributed by atoms with Crippen molar-refractivity contribution >= 4 is 56.5 Å². The van der Waals surface area contributed by atoms with E-state index in [1.54, 1.807) is 13.2 Å². The van der Waals surface area contributed by atoms with Crippen LogP contribution in [0, 0.1) is 3.57 Å². The van der Waals surface area contributed by atoms with E-state index in [-0.39, 0.29) is 5.70 Å².